The van der Waals surface area contributed by atoms with E-state index in [0.717, 1.165) is 43.3 Å². The van der Waals surface area contributed by atoms with E-state index in [4.69, 9.17) is 11.6 Å². The average Bonchev–Trinajstić information content (AvgIpc) is 3.12. The molecular formula is C19H22ClFN6O. The largest absolute Gasteiger partial charge is 0.358 e. The number of H-pyrrole nitrogens is 1. The van der Waals surface area contributed by atoms with Gasteiger partial charge in [0, 0.05) is 36.4 Å². The van der Waals surface area contributed by atoms with E-state index in [2.05, 4.69) is 25.6 Å². The molecule has 0 radical (unpaired) electrons. The molecule has 0 saturated carbocycles. The van der Waals surface area contributed by atoms with Crippen LogP contribution in [0.15, 0.2) is 35.1 Å². The minimum atomic E-state index is -0.537. The second-order valence-corrected chi connectivity index (χ2v) is 7.51. The van der Waals surface area contributed by atoms with Crippen LogP contribution in [0.4, 0.5) is 4.39 Å². The van der Waals surface area contributed by atoms with E-state index in [1.807, 2.05) is 4.90 Å². The topological polar surface area (TPSA) is 85.4 Å². The van der Waals surface area contributed by atoms with Gasteiger partial charge in [0.25, 0.3) is 0 Å². The zero-order chi connectivity index (χ0) is 19.7. The molecule has 0 spiro atoms. The summed E-state index contributed by atoms with van der Waals surface area (Å²) in [5.41, 5.74) is 1.41. The Kier molecular flexibility index (Phi) is 5.21. The number of aliphatic imine (C=N–C) groups is 1. The lowest BCUT2D eigenvalue weighted by atomic mass is 10.1. The van der Waals surface area contributed by atoms with Crippen LogP contribution >= 0.6 is 11.6 Å². The van der Waals surface area contributed by atoms with E-state index in [-0.39, 0.29) is 18.3 Å². The number of nitrogens with zero attached hydrogens (tertiary/aromatic N) is 3. The molecule has 9 heteroatoms. The number of hydrogen-bond donors (Lipinski definition) is 3. The van der Waals surface area contributed by atoms with E-state index < -0.39 is 11.9 Å². The number of aromatic nitrogens is 2. The Morgan fingerprint density at radius 2 is 2.14 bits per heavy atom. The number of carbonyl (C=O) groups excluding carboxylic acids is 1. The van der Waals surface area contributed by atoms with Crippen LogP contribution in [0.25, 0.3) is 11.0 Å². The van der Waals surface area contributed by atoms with Crippen molar-refractivity contribution >= 4 is 34.4 Å². The highest BCUT2D eigenvalue weighted by Crippen LogP contribution is 2.22. The first-order valence-corrected chi connectivity index (χ1v) is 9.79. The third kappa shape index (κ3) is 3.69. The van der Waals surface area contributed by atoms with Crippen LogP contribution in [0.1, 0.15) is 31.7 Å². The zero-order valence-corrected chi connectivity index (χ0v) is 16.3. The molecule has 1 amide bonds. The molecular weight excluding hydrogens is 383 g/mol. The van der Waals surface area contributed by atoms with Gasteiger partial charge in [0.05, 0.1) is 11.6 Å². The van der Waals surface area contributed by atoms with E-state index in [9.17, 15) is 9.18 Å². The molecule has 0 aliphatic carbocycles. The van der Waals surface area contributed by atoms with Crippen molar-refractivity contribution in [2.75, 3.05) is 19.6 Å². The molecule has 28 heavy (non-hydrogen) atoms. The Labute approximate surface area is 167 Å². The van der Waals surface area contributed by atoms with Gasteiger partial charge < -0.3 is 20.5 Å². The minimum absolute atomic E-state index is 0.0195. The number of likely N-dealkylation sites (tertiary alicyclic amines) is 1. The summed E-state index contributed by atoms with van der Waals surface area (Å²) in [4.78, 5) is 26.0. The highest BCUT2D eigenvalue weighted by atomic mass is 35.5. The fraction of sp³-hybridized carbons (Fsp3) is 0.421. The number of halogens is 2. The number of rotatable bonds is 4. The molecule has 4 heterocycles. The number of piperidine rings is 1. The molecule has 7 nitrogen and oxygen atoms in total. The number of pyridine rings is 1. The number of amidine groups is 1. The molecule has 3 N–H and O–H groups in total. The molecule has 2 aliphatic rings. The number of fused-ring (bicyclic) bond motifs is 1. The molecule has 0 unspecified atom stereocenters. The second-order valence-electron chi connectivity index (χ2n) is 7.07. The van der Waals surface area contributed by atoms with Crippen LogP contribution in [0, 0.1) is 0 Å². The van der Waals surface area contributed by atoms with Gasteiger partial charge in [-0.15, -0.1) is 0 Å². The quantitative estimate of drug-likeness (QED) is 0.731. The molecule has 4 rings (SSSR count). The number of hydrogen-bond acceptors (Lipinski definition) is 5. The van der Waals surface area contributed by atoms with Gasteiger partial charge in [-0.05, 0) is 32.3 Å². The summed E-state index contributed by atoms with van der Waals surface area (Å²) in [6, 6.07) is 1.24. The third-order valence-corrected chi connectivity index (χ3v) is 5.25. The molecule has 2 aliphatic heterocycles. The van der Waals surface area contributed by atoms with Gasteiger partial charge in [0.15, 0.2) is 5.83 Å². The molecule has 2 aromatic rings. The minimum Gasteiger partial charge on any atom is -0.358 e. The van der Waals surface area contributed by atoms with Crippen molar-refractivity contribution in [2.24, 2.45) is 4.99 Å². The van der Waals surface area contributed by atoms with Crippen LogP contribution in [0.5, 0.6) is 0 Å². The normalized spacial score (nSPS) is 18.7. The van der Waals surface area contributed by atoms with Crippen molar-refractivity contribution in [3.8, 4) is 0 Å². The number of carbonyl (C=O) groups is 1. The van der Waals surface area contributed by atoms with Crippen LogP contribution in [0.3, 0.4) is 0 Å². The summed E-state index contributed by atoms with van der Waals surface area (Å²) in [6.45, 7) is 3.17. The van der Waals surface area contributed by atoms with Gasteiger partial charge in [-0.25, -0.2) is 9.37 Å². The summed E-state index contributed by atoms with van der Waals surface area (Å²) < 4.78 is 14.4. The van der Waals surface area contributed by atoms with Gasteiger partial charge >= 0.3 is 0 Å². The van der Waals surface area contributed by atoms with Crippen molar-refractivity contribution in [3.05, 3.63) is 40.7 Å². The lowest BCUT2D eigenvalue weighted by molar-refractivity contribution is -0.133. The Morgan fingerprint density at radius 1 is 1.36 bits per heavy atom. The molecule has 1 fully saturated rings. The Hall–Kier alpha value is -2.61. The van der Waals surface area contributed by atoms with Crippen LogP contribution in [-0.4, -0.2) is 52.3 Å². The molecule has 2 aromatic heterocycles. The first kappa shape index (κ1) is 18.7. The van der Waals surface area contributed by atoms with Crippen molar-refractivity contribution in [1.29, 1.82) is 0 Å². The maximum atomic E-state index is 14.4. The lowest BCUT2D eigenvalue weighted by Crippen LogP contribution is -2.49. The average molecular weight is 405 g/mol. The summed E-state index contributed by atoms with van der Waals surface area (Å²) >= 11 is 6.06. The maximum absolute atomic E-state index is 14.4. The van der Waals surface area contributed by atoms with Crippen LogP contribution < -0.4 is 10.6 Å². The summed E-state index contributed by atoms with van der Waals surface area (Å²) in [7, 11) is 0. The molecule has 0 bridgehead atoms. The first-order chi connectivity index (χ1) is 13.5. The summed E-state index contributed by atoms with van der Waals surface area (Å²) in [5, 5.41) is 7.27. The first-order valence-electron chi connectivity index (χ1n) is 9.41. The second kappa shape index (κ2) is 7.79. The van der Waals surface area contributed by atoms with E-state index in [0.29, 0.717) is 16.5 Å². The van der Waals surface area contributed by atoms with Crippen LogP contribution in [0.2, 0.25) is 5.02 Å². The van der Waals surface area contributed by atoms with Gasteiger partial charge in [-0.2, -0.15) is 0 Å². The predicted octanol–water partition coefficient (Wildman–Crippen LogP) is 2.70. The van der Waals surface area contributed by atoms with Crippen molar-refractivity contribution in [2.45, 2.75) is 32.2 Å². The van der Waals surface area contributed by atoms with Gasteiger partial charge in [0.2, 0.25) is 5.91 Å². The number of nitrogens with one attached hydrogen (secondary N) is 3. The Morgan fingerprint density at radius 3 is 2.93 bits per heavy atom. The molecule has 148 valence electrons. The van der Waals surface area contributed by atoms with Gasteiger partial charge in [-0.1, -0.05) is 11.6 Å². The number of amides is 1. The van der Waals surface area contributed by atoms with Crippen molar-refractivity contribution < 1.29 is 9.18 Å². The molecule has 0 aromatic carbocycles. The highest BCUT2D eigenvalue weighted by molar-refractivity contribution is 6.31. The van der Waals surface area contributed by atoms with Crippen molar-refractivity contribution in [1.82, 2.24) is 25.5 Å². The molecule has 1 atom stereocenters. The van der Waals surface area contributed by atoms with E-state index in [1.54, 1.807) is 25.4 Å². The monoisotopic (exact) mass is 404 g/mol. The SMILES string of the molecule is C[C@@H](NC1=C(F)CN=C(c2c[nH]c3ncc(Cl)cc23)N1)C(=O)N1CCCCC1. The summed E-state index contributed by atoms with van der Waals surface area (Å²) in [6.07, 6.45) is 6.49. The Bertz CT molecular complexity index is 962. The number of aromatic amines is 1. The highest BCUT2D eigenvalue weighted by Gasteiger charge is 2.25. The fourth-order valence-corrected chi connectivity index (χ4v) is 3.72. The smallest absolute Gasteiger partial charge is 0.244 e. The summed E-state index contributed by atoms with van der Waals surface area (Å²) in [5.74, 6) is 0.219. The Balaban J connectivity index is 1.49. The van der Waals surface area contributed by atoms with Crippen molar-refractivity contribution in [3.63, 3.8) is 0 Å². The van der Waals surface area contributed by atoms with Gasteiger partial charge in [0.1, 0.15) is 23.3 Å². The third-order valence-electron chi connectivity index (χ3n) is 5.04. The predicted molar refractivity (Wildman–Crippen MR) is 107 cm³/mol. The zero-order valence-electron chi connectivity index (χ0n) is 15.6. The van der Waals surface area contributed by atoms with Gasteiger partial charge in [-0.3, -0.25) is 9.79 Å². The standard InChI is InChI=1S/C19H22ClFN6O/c1-11(19(28)27-5-3-2-4-6-27)25-18-15(21)10-24-17(26-18)14-9-23-16-13(14)7-12(20)8-22-16/h7-9,11,25H,2-6,10H2,1H3,(H,22,23)(H,24,26)/t11-/m1/s1. The maximum Gasteiger partial charge on any atom is 0.244 e. The van der Waals surface area contributed by atoms with Crippen LogP contribution in [-0.2, 0) is 4.79 Å². The fourth-order valence-electron chi connectivity index (χ4n) is 3.56. The molecule has 1 saturated heterocycles. The van der Waals surface area contributed by atoms with E-state index in [1.165, 1.54) is 0 Å². The lowest BCUT2D eigenvalue weighted by Gasteiger charge is -2.30. The van der Waals surface area contributed by atoms with E-state index >= 15 is 0 Å².